The van der Waals surface area contributed by atoms with Crippen LogP contribution in [0.5, 0.6) is 5.75 Å². The van der Waals surface area contributed by atoms with Gasteiger partial charge in [0.25, 0.3) is 0 Å². The first-order valence-corrected chi connectivity index (χ1v) is 11.2. The van der Waals surface area contributed by atoms with Crippen LogP contribution in [0, 0.1) is 0 Å². The van der Waals surface area contributed by atoms with Crippen molar-refractivity contribution in [3.8, 4) is 22.8 Å². The van der Waals surface area contributed by atoms with Gasteiger partial charge < -0.3 is 20.7 Å². The molecular weight excluding hydrogens is 503 g/mol. The number of benzene rings is 3. The zero-order valence-corrected chi connectivity index (χ0v) is 20.8. The van der Waals surface area contributed by atoms with E-state index >= 15 is 0 Å². The Labute approximate surface area is 217 Å². The fourth-order valence-corrected chi connectivity index (χ4v) is 3.17. The monoisotopic (exact) mass is 528 g/mol. The van der Waals surface area contributed by atoms with Gasteiger partial charge in [-0.3, -0.25) is 5.41 Å². The third kappa shape index (κ3) is 8.32. The molecule has 37 heavy (non-hydrogen) atoms. The summed E-state index contributed by atoms with van der Waals surface area (Å²) < 4.78 is 41.7. The molecule has 0 aliphatic heterocycles. The summed E-state index contributed by atoms with van der Waals surface area (Å²) in [5.74, 6) is 0.203. The Bertz CT molecular complexity index is 1320. The number of rotatable bonds is 6. The lowest BCUT2D eigenvalue weighted by molar-refractivity contribution is -0.274. The van der Waals surface area contributed by atoms with Crippen molar-refractivity contribution in [1.29, 1.82) is 0 Å². The van der Waals surface area contributed by atoms with E-state index in [0.29, 0.717) is 11.5 Å². The Morgan fingerprint density at radius 2 is 1.65 bits per heavy atom. The maximum absolute atomic E-state index is 12.2. The number of hydrogen-bond acceptors (Lipinski definition) is 5. The lowest BCUT2D eigenvalue weighted by atomic mass is 10.1. The first-order chi connectivity index (χ1) is 17.5. The van der Waals surface area contributed by atoms with Gasteiger partial charge in [0.2, 0.25) is 0 Å². The van der Waals surface area contributed by atoms with Crippen molar-refractivity contribution in [3.63, 3.8) is 0 Å². The molecular formula is C25H25F3N7OS+. The van der Waals surface area contributed by atoms with E-state index in [1.54, 1.807) is 0 Å². The number of nitrogens with one attached hydrogen (secondary N) is 1. The van der Waals surface area contributed by atoms with E-state index in [1.165, 1.54) is 41.5 Å². The maximum atomic E-state index is 12.2. The van der Waals surface area contributed by atoms with Crippen molar-refractivity contribution in [3.05, 3.63) is 84.7 Å². The summed E-state index contributed by atoms with van der Waals surface area (Å²) in [5.41, 5.74) is 9.63. The van der Waals surface area contributed by atoms with Crippen molar-refractivity contribution in [2.24, 2.45) is 5.73 Å². The molecule has 0 radical (unpaired) electrons. The third-order valence-electron chi connectivity index (χ3n) is 4.84. The smallest absolute Gasteiger partial charge is 0.406 e. The molecule has 0 bridgehead atoms. The highest BCUT2D eigenvalue weighted by Gasteiger charge is 2.31. The van der Waals surface area contributed by atoms with Crippen LogP contribution in [0.15, 0.2) is 79.1 Å². The summed E-state index contributed by atoms with van der Waals surface area (Å²) in [6.45, 7) is 0. The highest BCUT2D eigenvalue weighted by Crippen LogP contribution is 2.24. The quantitative estimate of drug-likeness (QED) is 0.260. The Morgan fingerprint density at radius 1 is 1.03 bits per heavy atom. The number of nitrogens with zero attached hydrogens (tertiary/aromatic N) is 4. The van der Waals surface area contributed by atoms with Crippen LogP contribution in [0.2, 0.25) is 0 Å². The van der Waals surface area contributed by atoms with Gasteiger partial charge in [-0.15, -0.1) is 18.3 Å². The molecule has 1 heterocycles. The molecule has 0 unspecified atom stereocenters. The topological polar surface area (TPSA) is 107 Å². The lowest BCUT2D eigenvalue weighted by Gasteiger charge is -2.12. The minimum atomic E-state index is -4.71. The molecule has 8 nitrogen and oxygen atoms in total. The standard InChI is InChI=1S/C16H11F3N4O.C9H13N3S/c17-16(18,19)24-14-7-5-13(6-8-14)23-10-21-15(22-23)12-3-1-11(9-20)2-4-12;1-12(2)8-5-3-7(4-6-8)11-9(10)13/h1-10,20H;3-6H,1-2H3,(H3,10,11,13)/p+1. The lowest BCUT2D eigenvalue weighted by Crippen LogP contribution is -2.29. The van der Waals surface area contributed by atoms with Gasteiger partial charge in [0.1, 0.15) is 12.1 Å². The predicted molar refractivity (Wildman–Crippen MR) is 142 cm³/mol. The van der Waals surface area contributed by atoms with Crippen LogP contribution >= 0.6 is 12.2 Å². The van der Waals surface area contributed by atoms with E-state index in [1.807, 2.05) is 67.5 Å². The number of ether oxygens (including phenoxy) is 1. The molecule has 0 amide bonds. The molecule has 5 N–H and O–H groups in total. The van der Waals surface area contributed by atoms with E-state index in [0.717, 1.165) is 22.5 Å². The molecule has 0 aliphatic carbocycles. The van der Waals surface area contributed by atoms with Crippen molar-refractivity contribution in [1.82, 2.24) is 14.8 Å². The zero-order valence-electron chi connectivity index (χ0n) is 20.0. The van der Waals surface area contributed by atoms with Gasteiger partial charge in [-0.1, -0.05) is 12.1 Å². The van der Waals surface area contributed by atoms with E-state index in [2.05, 4.69) is 20.1 Å². The molecule has 4 rings (SSSR count). The average molecular weight is 529 g/mol. The second-order valence-corrected chi connectivity index (χ2v) is 8.21. The highest BCUT2D eigenvalue weighted by molar-refractivity contribution is 7.80. The highest BCUT2D eigenvalue weighted by atomic mass is 32.1. The summed E-state index contributed by atoms with van der Waals surface area (Å²) in [6.07, 6.45) is -1.74. The average Bonchev–Trinajstić information content (AvgIpc) is 3.34. The molecule has 4 aromatic rings. The predicted octanol–water partition coefficient (Wildman–Crippen LogP) is 3.42. The normalized spacial score (nSPS) is 10.6. The summed E-state index contributed by atoms with van der Waals surface area (Å²) in [4.78, 5) is 6.23. The van der Waals surface area contributed by atoms with Gasteiger partial charge >= 0.3 is 6.36 Å². The fraction of sp³-hybridized carbons (Fsp3) is 0.120. The molecule has 3 aromatic carbocycles. The Morgan fingerprint density at radius 3 is 2.16 bits per heavy atom. The van der Waals surface area contributed by atoms with Gasteiger partial charge in [-0.05, 0) is 72.9 Å². The summed E-state index contributed by atoms with van der Waals surface area (Å²) in [7, 11) is 3.99. The molecule has 0 atom stereocenters. The van der Waals surface area contributed by atoms with Crippen LogP contribution in [0.1, 0.15) is 5.56 Å². The number of anilines is 2. The van der Waals surface area contributed by atoms with E-state index in [9.17, 15) is 13.2 Å². The first-order valence-electron chi connectivity index (χ1n) is 10.8. The maximum Gasteiger partial charge on any atom is 0.573 e. The largest absolute Gasteiger partial charge is 0.573 e. The van der Waals surface area contributed by atoms with Crippen LogP contribution in [-0.2, 0) is 0 Å². The molecule has 192 valence electrons. The van der Waals surface area contributed by atoms with Gasteiger partial charge in [-0.2, -0.15) is 0 Å². The molecule has 12 heteroatoms. The second kappa shape index (κ2) is 12.0. The number of hydrogen-bond donors (Lipinski definition) is 3. The van der Waals surface area contributed by atoms with Crippen LogP contribution in [0.25, 0.3) is 17.1 Å². The number of alkyl halides is 3. The van der Waals surface area contributed by atoms with E-state index in [4.69, 9.17) is 23.4 Å². The van der Waals surface area contributed by atoms with E-state index < -0.39 is 6.36 Å². The van der Waals surface area contributed by atoms with Gasteiger partial charge in [0.05, 0.1) is 5.69 Å². The van der Waals surface area contributed by atoms with Crippen LogP contribution in [-0.4, -0.2) is 46.5 Å². The Hall–Kier alpha value is -4.45. The minimum Gasteiger partial charge on any atom is -0.406 e. The van der Waals surface area contributed by atoms with Crippen molar-refractivity contribution >= 4 is 34.9 Å². The van der Waals surface area contributed by atoms with Crippen LogP contribution < -0.4 is 26.1 Å². The molecule has 1 aromatic heterocycles. The number of aromatic nitrogens is 3. The number of thiocarbonyl (C=S) groups is 1. The van der Waals surface area contributed by atoms with Crippen molar-refractivity contribution in [2.75, 3.05) is 24.3 Å². The summed E-state index contributed by atoms with van der Waals surface area (Å²) in [6, 6.07) is 20.6. The Kier molecular flexibility index (Phi) is 8.80. The SMILES string of the molecule is CN(C)c1ccc(NC(N)=S)cc1.[NH2+]=Cc1ccc(-c2ncn(-c3ccc(OC(F)(F)F)cc3)n2)cc1. The molecule has 0 spiro atoms. The molecule has 0 fully saturated rings. The Balaban J connectivity index is 0.000000248. The van der Waals surface area contributed by atoms with Crippen molar-refractivity contribution in [2.45, 2.75) is 6.36 Å². The van der Waals surface area contributed by atoms with E-state index in [-0.39, 0.29) is 10.9 Å². The zero-order chi connectivity index (χ0) is 27.0. The summed E-state index contributed by atoms with van der Waals surface area (Å²) >= 11 is 4.72. The van der Waals surface area contributed by atoms with Gasteiger partial charge in [-0.25, -0.2) is 9.67 Å². The minimum absolute atomic E-state index is 0.289. The second-order valence-electron chi connectivity index (χ2n) is 7.77. The molecule has 0 aliphatic rings. The third-order valence-corrected chi connectivity index (χ3v) is 4.94. The number of halogens is 3. The van der Waals surface area contributed by atoms with Gasteiger partial charge in [0, 0.05) is 36.6 Å². The van der Waals surface area contributed by atoms with Crippen molar-refractivity contribution < 1.29 is 23.3 Å². The van der Waals surface area contributed by atoms with Gasteiger partial charge in [0.15, 0.2) is 17.2 Å². The molecule has 0 saturated heterocycles. The summed E-state index contributed by atoms with van der Waals surface area (Å²) in [5, 5.41) is 12.9. The first kappa shape index (κ1) is 27.1. The fourth-order valence-electron chi connectivity index (χ4n) is 3.05. The molecule has 0 saturated carbocycles. The van der Waals surface area contributed by atoms with Crippen LogP contribution in [0.3, 0.4) is 0 Å². The van der Waals surface area contributed by atoms with Crippen LogP contribution in [0.4, 0.5) is 24.5 Å². The number of nitrogens with two attached hydrogens (primary N) is 2.